The second-order valence-electron chi connectivity index (χ2n) is 8.21. The van der Waals surface area contributed by atoms with Gasteiger partial charge in [0.05, 0.1) is 31.7 Å². The third-order valence-electron chi connectivity index (χ3n) is 5.53. The van der Waals surface area contributed by atoms with Crippen LogP contribution in [-0.4, -0.2) is 56.9 Å². The van der Waals surface area contributed by atoms with Gasteiger partial charge in [0.15, 0.2) is 11.2 Å². The number of rotatable bonds is 11. The summed E-state index contributed by atoms with van der Waals surface area (Å²) < 4.78 is 37.5. The smallest absolute Gasteiger partial charge is 0.459 e. The molecule has 17 heteroatoms. The maximum Gasteiger partial charge on any atom is 0.459 e. The molecule has 1 aliphatic heterocycles. The molecule has 0 spiro atoms. The van der Waals surface area contributed by atoms with Gasteiger partial charge in [0.1, 0.15) is 18.0 Å². The summed E-state index contributed by atoms with van der Waals surface area (Å²) in [6.07, 6.45) is -0.0906. The lowest BCUT2D eigenvalue weighted by Gasteiger charge is -2.24. The van der Waals surface area contributed by atoms with Crippen LogP contribution in [0.3, 0.4) is 0 Å². The van der Waals surface area contributed by atoms with Gasteiger partial charge in [-0.2, -0.15) is 10.1 Å². The molecule has 4 rings (SSSR count). The number of azide groups is 1. The van der Waals surface area contributed by atoms with E-state index in [1.54, 1.807) is 37.3 Å². The molecule has 0 aliphatic carbocycles. The maximum absolute atomic E-state index is 13.7. The molecule has 3 aromatic rings. The second kappa shape index (κ2) is 11.6. The molecular formula is C21H26N9O7P. The highest BCUT2D eigenvalue weighted by atomic mass is 31.2. The molecule has 4 N–H and O–H groups in total. The number of carbonyl (C=O) groups is 1. The first-order chi connectivity index (χ1) is 18.2. The van der Waals surface area contributed by atoms with Crippen molar-refractivity contribution in [1.82, 2.24) is 24.6 Å². The maximum atomic E-state index is 13.7. The molecule has 2 aromatic heterocycles. The zero-order valence-electron chi connectivity index (χ0n) is 20.5. The molecule has 202 valence electrons. The van der Waals surface area contributed by atoms with Gasteiger partial charge < -0.3 is 19.7 Å². The number of nitrogens with one attached hydrogen (secondary N) is 2. The number of ether oxygens (including phenoxy) is 2. The highest BCUT2D eigenvalue weighted by molar-refractivity contribution is 7.52. The van der Waals surface area contributed by atoms with Crippen molar-refractivity contribution in [2.24, 2.45) is 5.11 Å². The molecular weight excluding hydrogens is 521 g/mol. The molecule has 1 aromatic carbocycles. The summed E-state index contributed by atoms with van der Waals surface area (Å²) >= 11 is 0. The first kappa shape index (κ1) is 27.1. The highest BCUT2D eigenvalue weighted by Gasteiger charge is 2.40. The van der Waals surface area contributed by atoms with Crippen molar-refractivity contribution in [1.29, 1.82) is 0 Å². The number of esters is 1. The Labute approximate surface area is 215 Å². The Morgan fingerprint density at radius 2 is 2.21 bits per heavy atom. The predicted molar refractivity (Wildman–Crippen MR) is 134 cm³/mol. The molecule has 0 saturated carbocycles. The molecule has 5 atom stereocenters. The quantitative estimate of drug-likeness (QED) is 0.104. The van der Waals surface area contributed by atoms with Crippen LogP contribution in [0.2, 0.25) is 0 Å². The van der Waals surface area contributed by atoms with Gasteiger partial charge in [-0.15, -0.1) is 0 Å². The van der Waals surface area contributed by atoms with Crippen molar-refractivity contribution in [3.8, 4) is 5.75 Å². The first-order valence-corrected chi connectivity index (χ1v) is 13.1. The summed E-state index contributed by atoms with van der Waals surface area (Å²) in [5.41, 5.74) is 14.5. The minimum atomic E-state index is -4.16. The van der Waals surface area contributed by atoms with Crippen LogP contribution >= 0.6 is 7.75 Å². The summed E-state index contributed by atoms with van der Waals surface area (Å²) in [5, 5.41) is 6.36. The number of carbonyl (C=O) groups excluding carboxylic acids is 1. The number of fused-ring (bicyclic) bond motifs is 1. The minimum Gasteiger partial charge on any atom is -0.465 e. The van der Waals surface area contributed by atoms with Crippen molar-refractivity contribution < 1.29 is 27.9 Å². The molecule has 1 aliphatic rings. The lowest BCUT2D eigenvalue weighted by molar-refractivity contribution is -0.144. The van der Waals surface area contributed by atoms with Crippen molar-refractivity contribution in [2.75, 3.05) is 18.9 Å². The SMILES string of the molecule is CCOC(=O)[C@H](C)NP(=O)(OC[C@@H]1O[C@H](n2cnc3c(=O)[nH]c(N)nc32)CC1N=[N+]=[N-])Oc1ccccc1. The summed E-state index contributed by atoms with van der Waals surface area (Å²) in [4.78, 5) is 37.7. The number of nitrogen functional groups attached to an aromatic ring is 1. The Bertz CT molecular complexity index is 1440. The van der Waals surface area contributed by atoms with Crippen molar-refractivity contribution in [2.45, 2.75) is 44.7 Å². The molecule has 3 heterocycles. The Kier molecular flexibility index (Phi) is 8.29. The Morgan fingerprint density at radius 1 is 1.45 bits per heavy atom. The van der Waals surface area contributed by atoms with E-state index in [4.69, 9.17) is 29.8 Å². The van der Waals surface area contributed by atoms with Gasteiger partial charge in [0.2, 0.25) is 5.95 Å². The zero-order valence-corrected chi connectivity index (χ0v) is 21.4. The number of H-pyrrole nitrogens is 1. The predicted octanol–water partition coefficient (Wildman–Crippen LogP) is 2.41. The van der Waals surface area contributed by atoms with E-state index < -0.39 is 43.7 Å². The van der Waals surface area contributed by atoms with Gasteiger partial charge in [-0.05, 0) is 31.5 Å². The van der Waals surface area contributed by atoms with Gasteiger partial charge in [-0.1, -0.05) is 23.3 Å². The fraction of sp³-hybridized carbons (Fsp3) is 0.429. The molecule has 38 heavy (non-hydrogen) atoms. The average Bonchev–Trinajstić information content (AvgIpc) is 3.48. The number of hydrogen-bond donors (Lipinski definition) is 3. The van der Waals surface area contributed by atoms with E-state index in [1.165, 1.54) is 17.8 Å². The van der Waals surface area contributed by atoms with Crippen LogP contribution in [-0.2, 0) is 23.4 Å². The summed E-state index contributed by atoms with van der Waals surface area (Å²) in [7, 11) is -4.16. The van der Waals surface area contributed by atoms with Crippen LogP contribution in [0.15, 0.2) is 46.6 Å². The van der Waals surface area contributed by atoms with E-state index in [1.807, 2.05) is 0 Å². The van der Waals surface area contributed by atoms with Crippen molar-refractivity contribution in [3.63, 3.8) is 0 Å². The number of para-hydroxylation sites is 1. The number of aromatic amines is 1. The van der Waals surface area contributed by atoms with Crippen LogP contribution in [0.1, 0.15) is 26.5 Å². The normalized spacial score (nSPS) is 21.4. The molecule has 0 amide bonds. The van der Waals surface area contributed by atoms with E-state index in [2.05, 4.69) is 30.1 Å². The monoisotopic (exact) mass is 547 g/mol. The van der Waals surface area contributed by atoms with E-state index in [0.717, 1.165) is 0 Å². The average molecular weight is 547 g/mol. The van der Waals surface area contributed by atoms with Gasteiger partial charge >= 0.3 is 13.7 Å². The third kappa shape index (κ3) is 6.13. The van der Waals surface area contributed by atoms with Crippen LogP contribution in [0.25, 0.3) is 21.6 Å². The summed E-state index contributed by atoms with van der Waals surface area (Å²) in [6.45, 7) is 2.90. The molecule has 1 saturated heterocycles. The topological polar surface area (TPSA) is 221 Å². The molecule has 2 unspecified atom stereocenters. The van der Waals surface area contributed by atoms with Crippen molar-refractivity contribution in [3.05, 3.63) is 57.5 Å². The van der Waals surface area contributed by atoms with Gasteiger partial charge in [-0.25, -0.2) is 9.55 Å². The number of anilines is 1. The fourth-order valence-corrected chi connectivity index (χ4v) is 5.32. The highest BCUT2D eigenvalue weighted by Crippen LogP contribution is 2.46. The lowest BCUT2D eigenvalue weighted by atomic mass is 10.1. The number of imidazole rings is 1. The second-order valence-corrected chi connectivity index (χ2v) is 9.91. The van der Waals surface area contributed by atoms with Crippen LogP contribution < -0.4 is 20.9 Å². The zero-order chi connectivity index (χ0) is 27.3. The van der Waals surface area contributed by atoms with E-state index >= 15 is 0 Å². The van der Waals surface area contributed by atoms with E-state index in [-0.39, 0.29) is 42.5 Å². The van der Waals surface area contributed by atoms with Gasteiger partial charge in [-0.3, -0.25) is 23.7 Å². The Morgan fingerprint density at radius 3 is 2.92 bits per heavy atom. The van der Waals surface area contributed by atoms with Crippen LogP contribution in [0.5, 0.6) is 5.75 Å². The number of nitrogens with two attached hydrogens (primary N) is 1. The lowest BCUT2D eigenvalue weighted by Crippen LogP contribution is -2.36. The Hall–Kier alpha value is -3.94. The molecule has 1 fully saturated rings. The number of aromatic nitrogens is 4. The summed E-state index contributed by atoms with van der Waals surface area (Å²) in [5.74, 6) is -0.518. The van der Waals surface area contributed by atoms with E-state index in [0.29, 0.717) is 0 Å². The molecule has 0 radical (unpaired) electrons. The first-order valence-electron chi connectivity index (χ1n) is 11.6. The standard InChI is InChI=1S/C21H26N9O7P/c1-3-34-20(32)12(2)28-38(33,37-13-7-5-4-6-8-13)35-10-15-14(27-29-23)9-16(36-15)30-11-24-17-18(30)25-21(22)26-19(17)31/h4-8,11-12,14-16H,3,9-10H2,1-2H3,(H,28,33)(H3,22,25,26,31)/t12-,14?,15-,16-,38?/m0/s1. The number of hydrogen-bond acceptors (Lipinski definition) is 11. The van der Waals surface area contributed by atoms with Gasteiger partial charge in [0.25, 0.3) is 5.56 Å². The Balaban J connectivity index is 1.55. The summed E-state index contributed by atoms with van der Waals surface area (Å²) in [6, 6.07) is 6.48. The molecule has 0 bridgehead atoms. The fourth-order valence-electron chi connectivity index (χ4n) is 3.82. The number of benzene rings is 1. The van der Waals surface area contributed by atoms with Gasteiger partial charge in [0, 0.05) is 11.3 Å². The third-order valence-corrected chi connectivity index (χ3v) is 7.18. The van der Waals surface area contributed by atoms with Crippen LogP contribution in [0.4, 0.5) is 5.95 Å². The van der Waals surface area contributed by atoms with Crippen LogP contribution in [0, 0.1) is 0 Å². The van der Waals surface area contributed by atoms with Crippen molar-refractivity contribution >= 4 is 30.8 Å². The largest absolute Gasteiger partial charge is 0.465 e. The van der Waals surface area contributed by atoms with E-state index in [9.17, 15) is 14.2 Å². The molecule has 16 nitrogen and oxygen atoms in total. The number of nitrogens with zero attached hydrogens (tertiary/aromatic N) is 6. The minimum absolute atomic E-state index is 0.0562.